The Balaban J connectivity index is 1.66. The number of aliphatic imine (C=N–C) groups is 1. The molecule has 0 atom stereocenters. The van der Waals surface area contributed by atoms with Crippen LogP contribution < -0.4 is 5.32 Å². The van der Waals surface area contributed by atoms with E-state index < -0.39 is 0 Å². The molecule has 0 spiro atoms. The summed E-state index contributed by atoms with van der Waals surface area (Å²) in [5.41, 5.74) is 5.10. The van der Waals surface area contributed by atoms with E-state index in [-0.39, 0.29) is 0 Å². The number of thiazole rings is 1. The van der Waals surface area contributed by atoms with Gasteiger partial charge >= 0.3 is 0 Å². The van der Waals surface area contributed by atoms with E-state index in [0.29, 0.717) is 0 Å². The predicted octanol–water partition coefficient (Wildman–Crippen LogP) is 3.09. The highest BCUT2D eigenvalue weighted by Gasteiger charge is 2.18. The molecular formula is C20H32N6S. The summed E-state index contributed by atoms with van der Waals surface area (Å²) in [4.78, 5) is 13.0. The van der Waals surface area contributed by atoms with Crippen molar-refractivity contribution >= 4 is 17.3 Å². The molecule has 3 rings (SSSR count). The highest BCUT2D eigenvalue weighted by Crippen LogP contribution is 2.27. The second-order valence-electron chi connectivity index (χ2n) is 7.14. The number of nitrogens with one attached hydrogen (secondary N) is 1. The van der Waals surface area contributed by atoms with Crippen LogP contribution >= 0.6 is 11.3 Å². The Kier molecular flexibility index (Phi) is 6.52. The summed E-state index contributed by atoms with van der Waals surface area (Å²) in [6.07, 6.45) is 6.86. The van der Waals surface area contributed by atoms with Gasteiger partial charge in [-0.2, -0.15) is 5.10 Å². The molecule has 0 saturated heterocycles. The molecule has 0 amide bonds. The summed E-state index contributed by atoms with van der Waals surface area (Å²) in [6, 6.07) is 0. The van der Waals surface area contributed by atoms with Gasteiger partial charge in [-0.3, -0.25) is 9.67 Å². The number of guanidine groups is 1. The highest BCUT2D eigenvalue weighted by atomic mass is 32.1. The first-order valence-corrected chi connectivity index (χ1v) is 10.8. The van der Waals surface area contributed by atoms with Gasteiger partial charge in [0.2, 0.25) is 0 Å². The van der Waals surface area contributed by atoms with Crippen LogP contribution in [0.1, 0.15) is 59.2 Å². The molecule has 6 nitrogen and oxygen atoms in total. The normalized spacial score (nSPS) is 14.3. The molecule has 27 heavy (non-hydrogen) atoms. The molecule has 2 aromatic rings. The molecule has 0 aliphatic heterocycles. The summed E-state index contributed by atoms with van der Waals surface area (Å²) in [7, 11) is 5.96. The van der Waals surface area contributed by atoms with Crippen molar-refractivity contribution in [3.05, 3.63) is 32.5 Å². The second kappa shape index (κ2) is 8.87. The van der Waals surface area contributed by atoms with Crippen LogP contribution in [0.3, 0.4) is 0 Å². The lowest BCUT2D eigenvalue weighted by molar-refractivity contribution is 0.474. The van der Waals surface area contributed by atoms with Crippen molar-refractivity contribution in [2.24, 2.45) is 12.0 Å². The van der Waals surface area contributed by atoms with E-state index in [1.807, 2.05) is 30.1 Å². The quantitative estimate of drug-likeness (QED) is 0.610. The average molecular weight is 389 g/mol. The lowest BCUT2D eigenvalue weighted by Gasteiger charge is -2.21. The Morgan fingerprint density at radius 3 is 2.70 bits per heavy atom. The molecular weight excluding hydrogens is 356 g/mol. The molecule has 2 aromatic heterocycles. The Morgan fingerprint density at radius 1 is 1.26 bits per heavy atom. The minimum absolute atomic E-state index is 0.756. The van der Waals surface area contributed by atoms with E-state index in [9.17, 15) is 0 Å². The minimum Gasteiger partial charge on any atom is -0.352 e. The molecule has 0 saturated carbocycles. The monoisotopic (exact) mass is 388 g/mol. The van der Waals surface area contributed by atoms with E-state index >= 15 is 0 Å². The van der Waals surface area contributed by atoms with Crippen LogP contribution in [0.2, 0.25) is 0 Å². The van der Waals surface area contributed by atoms with E-state index in [1.165, 1.54) is 51.8 Å². The van der Waals surface area contributed by atoms with Crippen molar-refractivity contribution in [3.8, 4) is 0 Å². The van der Waals surface area contributed by atoms with Gasteiger partial charge in [0.05, 0.1) is 17.9 Å². The summed E-state index contributed by atoms with van der Waals surface area (Å²) in [5, 5.41) is 9.39. The topological polar surface area (TPSA) is 58.3 Å². The Hall–Kier alpha value is -1.89. The third kappa shape index (κ3) is 4.34. The van der Waals surface area contributed by atoms with Gasteiger partial charge in [-0.1, -0.05) is 13.8 Å². The summed E-state index contributed by atoms with van der Waals surface area (Å²) in [5.74, 6) is 0.899. The number of aromatic nitrogens is 3. The highest BCUT2D eigenvalue weighted by molar-refractivity contribution is 7.11. The first-order chi connectivity index (χ1) is 13.1. The zero-order valence-electron chi connectivity index (χ0n) is 17.3. The molecule has 0 bridgehead atoms. The van der Waals surface area contributed by atoms with Gasteiger partial charge in [-0.05, 0) is 38.5 Å². The average Bonchev–Trinajstić information content (AvgIpc) is 3.21. The van der Waals surface area contributed by atoms with E-state index in [1.54, 1.807) is 0 Å². The van der Waals surface area contributed by atoms with Crippen LogP contribution in [-0.4, -0.2) is 39.7 Å². The number of aryl methyl sites for hydroxylation is 4. The van der Waals surface area contributed by atoms with Crippen molar-refractivity contribution in [1.29, 1.82) is 0 Å². The predicted molar refractivity (Wildman–Crippen MR) is 112 cm³/mol. The molecule has 0 fully saturated rings. The van der Waals surface area contributed by atoms with Gasteiger partial charge in [0.15, 0.2) is 5.96 Å². The van der Waals surface area contributed by atoms with Crippen LogP contribution in [-0.2, 0) is 45.8 Å². The number of nitrogens with zero attached hydrogens (tertiary/aromatic N) is 5. The van der Waals surface area contributed by atoms with Gasteiger partial charge < -0.3 is 10.2 Å². The van der Waals surface area contributed by atoms with Crippen LogP contribution in [0.25, 0.3) is 0 Å². The minimum atomic E-state index is 0.756. The summed E-state index contributed by atoms with van der Waals surface area (Å²) >= 11 is 1.87. The maximum atomic E-state index is 4.86. The van der Waals surface area contributed by atoms with Gasteiger partial charge in [-0.25, -0.2) is 4.98 Å². The van der Waals surface area contributed by atoms with Crippen LogP contribution in [0, 0.1) is 0 Å². The second-order valence-corrected chi connectivity index (χ2v) is 8.31. The van der Waals surface area contributed by atoms with Crippen LogP contribution in [0.4, 0.5) is 0 Å². The van der Waals surface area contributed by atoms with E-state index in [2.05, 4.69) is 41.2 Å². The Morgan fingerprint density at radius 2 is 2.04 bits per heavy atom. The third-order valence-electron chi connectivity index (χ3n) is 5.29. The molecule has 0 radical (unpaired) electrons. The van der Waals surface area contributed by atoms with Gasteiger partial charge in [0.1, 0.15) is 5.01 Å². The molecule has 0 unspecified atom stereocenters. The SMILES string of the molecule is CCc1nn(C)c(CC)c1CNC(=NC)N(C)Cc1nc2c(s1)CCCC2. The molecule has 0 aromatic carbocycles. The fourth-order valence-corrected chi connectivity index (χ4v) is 5.11. The first kappa shape index (κ1) is 19.9. The Labute approximate surface area is 166 Å². The standard InChI is InChI=1S/C20H32N6S/c1-6-15-14(17(7-2)26(5)24-15)12-22-20(21-3)25(4)13-19-23-16-10-8-9-11-18(16)27-19/h6-13H2,1-5H3,(H,21,22). The number of fused-ring (bicyclic) bond motifs is 1. The third-order valence-corrected chi connectivity index (χ3v) is 6.43. The zero-order valence-corrected chi connectivity index (χ0v) is 18.1. The molecule has 1 N–H and O–H groups in total. The number of hydrogen-bond acceptors (Lipinski definition) is 4. The molecule has 2 heterocycles. The van der Waals surface area contributed by atoms with E-state index in [0.717, 1.165) is 38.3 Å². The number of hydrogen-bond donors (Lipinski definition) is 1. The molecule has 7 heteroatoms. The van der Waals surface area contributed by atoms with Crippen LogP contribution in [0.15, 0.2) is 4.99 Å². The van der Waals surface area contributed by atoms with Gasteiger partial charge in [0, 0.05) is 43.8 Å². The van der Waals surface area contributed by atoms with Crippen molar-refractivity contribution < 1.29 is 0 Å². The largest absolute Gasteiger partial charge is 0.352 e. The Bertz CT molecular complexity index is 780. The lowest BCUT2D eigenvalue weighted by Crippen LogP contribution is -2.38. The van der Waals surface area contributed by atoms with Gasteiger partial charge in [-0.15, -0.1) is 11.3 Å². The lowest BCUT2D eigenvalue weighted by atomic mass is 10.0. The van der Waals surface area contributed by atoms with Crippen molar-refractivity contribution in [2.45, 2.75) is 65.5 Å². The van der Waals surface area contributed by atoms with Crippen LogP contribution in [0.5, 0.6) is 0 Å². The van der Waals surface area contributed by atoms with Crippen molar-refractivity contribution in [2.75, 3.05) is 14.1 Å². The molecule has 148 valence electrons. The summed E-state index contributed by atoms with van der Waals surface area (Å²) < 4.78 is 2.02. The maximum absolute atomic E-state index is 4.86. The van der Waals surface area contributed by atoms with Crippen molar-refractivity contribution in [3.63, 3.8) is 0 Å². The zero-order chi connectivity index (χ0) is 19.4. The van der Waals surface area contributed by atoms with Gasteiger partial charge in [0.25, 0.3) is 0 Å². The maximum Gasteiger partial charge on any atom is 0.194 e. The smallest absolute Gasteiger partial charge is 0.194 e. The van der Waals surface area contributed by atoms with E-state index in [4.69, 9.17) is 4.98 Å². The summed E-state index contributed by atoms with van der Waals surface area (Å²) in [6.45, 7) is 5.90. The van der Waals surface area contributed by atoms with Crippen molar-refractivity contribution in [1.82, 2.24) is 25.0 Å². The fraction of sp³-hybridized carbons (Fsp3) is 0.650. The fourth-order valence-electron chi connectivity index (χ4n) is 3.90. The first-order valence-electron chi connectivity index (χ1n) is 10.00. The molecule has 1 aliphatic carbocycles. The number of rotatable bonds is 6. The molecule has 1 aliphatic rings.